The van der Waals surface area contributed by atoms with Crippen molar-refractivity contribution in [2.75, 3.05) is 13.6 Å². The molecule has 0 aliphatic heterocycles. The SMILES string of the molecule is CNCC#Cc1cccc(F)n1. The van der Waals surface area contributed by atoms with Crippen LogP contribution in [0.5, 0.6) is 0 Å². The van der Waals surface area contributed by atoms with Crippen molar-refractivity contribution in [3.8, 4) is 11.8 Å². The van der Waals surface area contributed by atoms with Crippen molar-refractivity contribution in [2.24, 2.45) is 0 Å². The third kappa shape index (κ3) is 2.69. The molecule has 0 aliphatic carbocycles. The van der Waals surface area contributed by atoms with Crippen LogP contribution in [-0.4, -0.2) is 18.6 Å². The maximum atomic E-state index is 12.5. The van der Waals surface area contributed by atoms with Crippen LogP contribution in [0.3, 0.4) is 0 Å². The van der Waals surface area contributed by atoms with Crippen LogP contribution < -0.4 is 5.32 Å². The fraction of sp³-hybridized carbons (Fsp3) is 0.222. The van der Waals surface area contributed by atoms with E-state index in [0.717, 1.165) is 0 Å². The highest BCUT2D eigenvalue weighted by Gasteiger charge is 1.90. The fourth-order valence-corrected chi connectivity index (χ4v) is 0.701. The number of hydrogen-bond donors (Lipinski definition) is 1. The normalized spacial score (nSPS) is 8.83. The molecule has 62 valence electrons. The summed E-state index contributed by atoms with van der Waals surface area (Å²) in [6.45, 7) is 0.582. The highest BCUT2D eigenvalue weighted by Crippen LogP contribution is 1.94. The van der Waals surface area contributed by atoms with E-state index in [1.807, 2.05) is 0 Å². The largest absolute Gasteiger partial charge is 0.309 e. The van der Waals surface area contributed by atoms with Gasteiger partial charge in [0, 0.05) is 0 Å². The Morgan fingerprint density at radius 2 is 2.42 bits per heavy atom. The summed E-state index contributed by atoms with van der Waals surface area (Å²) in [6, 6.07) is 4.56. The van der Waals surface area contributed by atoms with Crippen LogP contribution in [0.25, 0.3) is 0 Å². The van der Waals surface area contributed by atoms with Crippen molar-refractivity contribution in [2.45, 2.75) is 0 Å². The third-order valence-electron chi connectivity index (χ3n) is 1.20. The summed E-state index contributed by atoms with van der Waals surface area (Å²) in [6.07, 6.45) is 0. The highest BCUT2D eigenvalue weighted by molar-refractivity contribution is 5.27. The second kappa shape index (κ2) is 4.47. The summed E-state index contributed by atoms with van der Waals surface area (Å²) in [5, 5.41) is 2.86. The van der Waals surface area contributed by atoms with Gasteiger partial charge in [-0.2, -0.15) is 4.39 Å². The topological polar surface area (TPSA) is 24.9 Å². The molecule has 0 saturated carbocycles. The second-order valence-electron chi connectivity index (χ2n) is 2.18. The lowest BCUT2D eigenvalue weighted by Crippen LogP contribution is -2.04. The maximum absolute atomic E-state index is 12.5. The van der Waals surface area contributed by atoms with Gasteiger partial charge in [0.15, 0.2) is 0 Å². The molecule has 0 radical (unpaired) electrons. The summed E-state index contributed by atoms with van der Waals surface area (Å²) in [4.78, 5) is 3.58. The van der Waals surface area contributed by atoms with Crippen molar-refractivity contribution in [1.29, 1.82) is 0 Å². The van der Waals surface area contributed by atoms with Crippen LogP contribution in [0.15, 0.2) is 18.2 Å². The number of nitrogens with zero attached hydrogens (tertiary/aromatic N) is 1. The molecule has 0 aromatic carbocycles. The van der Waals surface area contributed by atoms with Gasteiger partial charge in [0.1, 0.15) is 5.69 Å². The van der Waals surface area contributed by atoms with Crippen molar-refractivity contribution in [1.82, 2.24) is 10.3 Å². The van der Waals surface area contributed by atoms with Gasteiger partial charge in [-0.15, -0.1) is 0 Å². The monoisotopic (exact) mass is 164 g/mol. The minimum atomic E-state index is -0.494. The molecule has 1 aromatic heterocycles. The Hall–Kier alpha value is -1.40. The minimum Gasteiger partial charge on any atom is -0.309 e. The zero-order valence-electron chi connectivity index (χ0n) is 6.76. The molecule has 1 heterocycles. The molecule has 1 rings (SSSR count). The van der Waals surface area contributed by atoms with E-state index < -0.39 is 5.95 Å². The molecule has 0 spiro atoms. The smallest absolute Gasteiger partial charge is 0.214 e. The van der Waals surface area contributed by atoms with E-state index in [4.69, 9.17) is 0 Å². The van der Waals surface area contributed by atoms with Crippen LogP contribution in [0.2, 0.25) is 0 Å². The van der Waals surface area contributed by atoms with Gasteiger partial charge in [0.25, 0.3) is 0 Å². The standard InChI is InChI=1S/C9H9FN2/c1-11-7-3-5-8-4-2-6-9(10)12-8/h2,4,6,11H,7H2,1H3. The molecule has 0 amide bonds. The zero-order chi connectivity index (χ0) is 8.81. The van der Waals surface area contributed by atoms with E-state index in [1.54, 1.807) is 19.2 Å². The van der Waals surface area contributed by atoms with Crippen LogP contribution in [-0.2, 0) is 0 Å². The van der Waals surface area contributed by atoms with Crippen molar-refractivity contribution in [3.05, 3.63) is 29.8 Å². The van der Waals surface area contributed by atoms with E-state index in [1.165, 1.54) is 6.07 Å². The van der Waals surface area contributed by atoms with Gasteiger partial charge in [0.2, 0.25) is 5.95 Å². The molecule has 0 aliphatic rings. The Labute approximate surface area is 70.8 Å². The molecule has 0 saturated heterocycles. The number of nitrogens with one attached hydrogen (secondary N) is 1. The molecule has 0 fully saturated rings. The Morgan fingerprint density at radius 1 is 1.58 bits per heavy atom. The van der Waals surface area contributed by atoms with E-state index in [-0.39, 0.29) is 0 Å². The molecule has 3 heteroatoms. The zero-order valence-corrected chi connectivity index (χ0v) is 6.76. The number of aromatic nitrogens is 1. The second-order valence-corrected chi connectivity index (χ2v) is 2.18. The Bertz CT molecular complexity index is 312. The average molecular weight is 164 g/mol. The van der Waals surface area contributed by atoms with Gasteiger partial charge in [-0.25, -0.2) is 4.98 Å². The lowest BCUT2D eigenvalue weighted by molar-refractivity contribution is 0.582. The number of pyridine rings is 1. The van der Waals surface area contributed by atoms with Crippen LogP contribution in [0, 0.1) is 17.8 Å². The molecule has 0 unspecified atom stereocenters. The van der Waals surface area contributed by atoms with Crippen molar-refractivity contribution < 1.29 is 4.39 Å². The molecule has 1 N–H and O–H groups in total. The lowest BCUT2D eigenvalue weighted by Gasteiger charge is -1.88. The third-order valence-corrected chi connectivity index (χ3v) is 1.20. The molecule has 12 heavy (non-hydrogen) atoms. The molecular weight excluding hydrogens is 155 g/mol. The number of halogens is 1. The van der Waals surface area contributed by atoms with Crippen LogP contribution >= 0.6 is 0 Å². The summed E-state index contributed by atoms with van der Waals surface area (Å²) in [5.41, 5.74) is 0.463. The summed E-state index contributed by atoms with van der Waals surface area (Å²) in [5.74, 6) is 5.02. The predicted octanol–water partition coefficient (Wildman–Crippen LogP) is 0.792. The molecule has 0 bridgehead atoms. The van der Waals surface area contributed by atoms with Gasteiger partial charge in [-0.1, -0.05) is 12.0 Å². The minimum absolute atomic E-state index is 0.463. The molecular formula is C9H9FN2. The molecule has 1 aromatic rings. The first-order valence-electron chi connectivity index (χ1n) is 3.59. The van der Waals surface area contributed by atoms with Crippen LogP contribution in [0.1, 0.15) is 5.69 Å². The van der Waals surface area contributed by atoms with Gasteiger partial charge in [-0.3, -0.25) is 0 Å². The van der Waals surface area contributed by atoms with Crippen LogP contribution in [0.4, 0.5) is 4.39 Å². The quantitative estimate of drug-likeness (QED) is 0.490. The van der Waals surface area contributed by atoms with E-state index >= 15 is 0 Å². The number of hydrogen-bond acceptors (Lipinski definition) is 2. The number of rotatable bonds is 1. The van der Waals surface area contributed by atoms with E-state index in [0.29, 0.717) is 12.2 Å². The fourth-order valence-electron chi connectivity index (χ4n) is 0.701. The Morgan fingerprint density at radius 3 is 3.08 bits per heavy atom. The highest BCUT2D eigenvalue weighted by atomic mass is 19.1. The Balaban J connectivity index is 2.71. The Kier molecular flexibility index (Phi) is 3.24. The van der Waals surface area contributed by atoms with Gasteiger partial charge >= 0.3 is 0 Å². The first kappa shape index (κ1) is 8.69. The first-order chi connectivity index (χ1) is 5.83. The van der Waals surface area contributed by atoms with Gasteiger partial charge < -0.3 is 5.32 Å². The first-order valence-corrected chi connectivity index (χ1v) is 3.59. The van der Waals surface area contributed by atoms with Crippen molar-refractivity contribution in [3.63, 3.8) is 0 Å². The average Bonchev–Trinajstić information content (AvgIpc) is 2.05. The van der Waals surface area contributed by atoms with Crippen molar-refractivity contribution >= 4 is 0 Å². The molecule has 2 nitrogen and oxygen atoms in total. The predicted molar refractivity (Wildman–Crippen MR) is 45.0 cm³/mol. The van der Waals surface area contributed by atoms with E-state index in [2.05, 4.69) is 22.1 Å². The maximum Gasteiger partial charge on any atom is 0.214 e. The van der Waals surface area contributed by atoms with Gasteiger partial charge in [0.05, 0.1) is 6.54 Å². The van der Waals surface area contributed by atoms with E-state index in [9.17, 15) is 4.39 Å². The molecule has 0 atom stereocenters. The summed E-state index contributed by atoms with van der Waals surface area (Å²) < 4.78 is 12.5. The summed E-state index contributed by atoms with van der Waals surface area (Å²) >= 11 is 0. The lowest BCUT2D eigenvalue weighted by atomic mass is 10.3. The van der Waals surface area contributed by atoms with Gasteiger partial charge in [-0.05, 0) is 25.1 Å². The summed E-state index contributed by atoms with van der Waals surface area (Å²) in [7, 11) is 1.80.